The Labute approximate surface area is 155 Å². The van der Waals surface area contributed by atoms with Crippen LogP contribution in [0, 0.1) is 6.92 Å². The number of carbonyl (C=O) groups excluding carboxylic acids is 1. The van der Waals surface area contributed by atoms with E-state index in [1.807, 2.05) is 56.5 Å². The molecule has 7 heteroatoms. The van der Waals surface area contributed by atoms with Crippen molar-refractivity contribution in [2.75, 3.05) is 13.2 Å². The van der Waals surface area contributed by atoms with Gasteiger partial charge in [0.1, 0.15) is 5.75 Å². The highest BCUT2D eigenvalue weighted by atomic mass is 32.2. The molecule has 1 aromatic heterocycles. The van der Waals surface area contributed by atoms with E-state index in [1.54, 1.807) is 4.90 Å². The summed E-state index contributed by atoms with van der Waals surface area (Å²) in [6.07, 6.45) is 1.89. The molecule has 0 atom stereocenters. The topological polar surface area (TPSA) is 54.8 Å². The molecule has 5 nitrogen and oxygen atoms in total. The van der Waals surface area contributed by atoms with Gasteiger partial charge in [0, 0.05) is 11.9 Å². The minimum absolute atomic E-state index is 0.0200. The largest absolute Gasteiger partial charge is 0.494 e. The quantitative estimate of drug-likeness (QED) is 0.726. The van der Waals surface area contributed by atoms with Gasteiger partial charge in [-0.1, -0.05) is 12.1 Å². The van der Waals surface area contributed by atoms with Gasteiger partial charge in [-0.25, -0.2) is 4.98 Å². The minimum Gasteiger partial charge on any atom is -0.494 e. The normalized spacial score (nSPS) is 17.7. The number of aryl methyl sites for hydroxylation is 1. The Morgan fingerprint density at radius 2 is 2.04 bits per heavy atom. The summed E-state index contributed by atoms with van der Waals surface area (Å²) in [7, 11) is 0. The monoisotopic (exact) mass is 373 g/mol. The zero-order chi connectivity index (χ0) is 17.8. The molecule has 0 bridgehead atoms. The smallest absolute Gasteiger partial charge is 0.266 e. The van der Waals surface area contributed by atoms with Crippen molar-refractivity contribution in [3.63, 3.8) is 0 Å². The highest BCUT2D eigenvalue weighted by molar-refractivity contribution is 8.18. The van der Waals surface area contributed by atoms with E-state index >= 15 is 0 Å². The lowest BCUT2D eigenvalue weighted by Crippen LogP contribution is -2.28. The van der Waals surface area contributed by atoms with Crippen LogP contribution in [0.2, 0.25) is 0 Å². The number of hydrogen-bond donors (Lipinski definition) is 0. The maximum atomic E-state index is 12.6. The lowest BCUT2D eigenvalue weighted by Gasteiger charge is -2.11. The van der Waals surface area contributed by atoms with Gasteiger partial charge in [-0.05, 0) is 56.3 Å². The summed E-state index contributed by atoms with van der Waals surface area (Å²) in [5.74, 6) is 0.806. The van der Waals surface area contributed by atoms with Gasteiger partial charge in [0.2, 0.25) is 5.13 Å². The molecule has 0 saturated carbocycles. The number of aliphatic imine (C=N–C) groups is 1. The van der Waals surface area contributed by atoms with Crippen LogP contribution < -0.4 is 4.74 Å². The molecule has 1 aliphatic rings. The number of amidine groups is 1. The van der Waals surface area contributed by atoms with Gasteiger partial charge in [-0.15, -0.1) is 11.3 Å². The Hall–Kier alpha value is -2.12. The summed E-state index contributed by atoms with van der Waals surface area (Å²) < 4.78 is 5.45. The highest BCUT2D eigenvalue weighted by Gasteiger charge is 2.32. The maximum absolute atomic E-state index is 12.6. The lowest BCUT2D eigenvalue weighted by molar-refractivity contribution is -0.122. The molecule has 0 spiro atoms. The number of aromatic nitrogens is 1. The van der Waals surface area contributed by atoms with Crippen LogP contribution in [0.1, 0.15) is 25.1 Å². The van der Waals surface area contributed by atoms with Gasteiger partial charge in [0.15, 0.2) is 5.17 Å². The van der Waals surface area contributed by atoms with Crippen molar-refractivity contribution in [1.29, 1.82) is 0 Å². The van der Waals surface area contributed by atoms with E-state index in [0.717, 1.165) is 17.0 Å². The van der Waals surface area contributed by atoms with Crippen LogP contribution in [0.3, 0.4) is 0 Å². The van der Waals surface area contributed by atoms with Crippen molar-refractivity contribution in [3.8, 4) is 5.75 Å². The molecule has 2 heterocycles. The number of ether oxygens (including phenoxy) is 1. The molecule has 0 radical (unpaired) electrons. The molecule has 0 aliphatic carbocycles. The number of likely N-dealkylation sites (N-methyl/N-ethyl adjacent to an activating group) is 1. The summed E-state index contributed by atoms with van der Waals surface area (Å²) in [5, 5.41) is 3.31. The Kier molecular flexibility index (Phi) is 5.55. The number of nitrogens with zero attached hydrogens (tertiary/aromatic N) is 3. The van der Waals surface area contributed by atoms with Crippen LogP contribution in [0.4, 0.5) is 5.13 Å². The first-order chi connectivity index (χ1) is 12.1. The molecule has 1 fully saturated rings. The van der Waals surface area contributed by atoms with Gasteiger partial charge in [0.05, 0.1) is 17.2 Å². The van der Waals surface area contributed by atoms with Crippen LogP contribution >= 0.6 is 23.1 Å². The first-order valence-corrected chi connectivity index (χ1v) is 9.75. The van der Waals surface area contributed by atoms with E-state index < -0.39 is 0 Å². The first kappa shape index (κ1) is 17.7. The second-order valence-electron chi connectivity index (χ2n) is 5.33. The van der Waals surface area contributed by atoms with E-state index in [-0.39, 0.29) is 5.91 Å². The van der Waals surface area contributed by atoms with Gasteiger partial charge >= 0.3 is 0 Å². The SMILES string of the molecule is CCOc1ccc(/C=C2\S/C(=N/c3nc(C)cs3)N(CC)C2=O)cc1. The molecular weight excluding hydrogens is 354 g/mol. The molecule has 130 valence electrons. The van der Waals surface area contributed by atoms with Crippen LogP contribution in [-0.2, 0) is 4.79 Å². The van der Waals surface area contributed by atoms with Crippen molar-refractivity contribution in [2.45, 2.75) is 20.8 Å². The number of thiazole rings is 1. The molecule has 0 N–H and O–H groups in total. The average molecular weight is 374 g/mol. The van der Waals surface area contributed by atoms with Gasteiger partial charge < -0.3 is 4.74 Å². The van der Waals surface area contributed by atoms with Crippen LogP contribution in [0.5, 0.6) is 5.75 Å². The summed E-state index contributed by atoms with van der Waals surface area (Å²) in [6.45, 7) is 7.04. The second-order valence-corrected chi connectivity index (χ2v) is 7.17. The zero-order valence-corrected chi connectivity index (χ0v) is 16.0. The number of hydrogen-bond acceptors (Lipinski definition) is 6. The van der Waals surface area contributed by atoms with Gasteiger partial charge in [-0.2, -0.15) is 4.99 Å². The summed E-state index contributed by atoms with van der Waals surface area (Å²) >= 11 is 2.87. The van der Waals surface area contributed by atoms with Crippen molar-refractivity contribution < 1.29 is 9.53 Å². The molecule has 2 aromatic rings. The zero-order valence-electron chi connectivity index (χ0n) is 14.4. The van der Waals surface area contributed by atoms with Crippen molar-refractivity contribution in [2.24, 2.45) is 4.99 Å². The first-order valence-electron chi connectivity index (χ1n) is 8.05. The Morgan fingerprint density at radius 3 is 2.64 bits per heavy atom. The lowest BCUT2D eigenvalue weighted by atomic mass is 10.2. The fourth-order valence-electron chi connectivity index (χ4n) is 2.32. The number of rotatable bonds is 5. The standard InChI is InChI=1S/C18H19N3O2S2/c1-4-21-16(22)15(10-13-6-8-14(9-7-13)23-5-2)25-18(21)20-17-19-12(3)11-24-17/h6-11H,4-5H2,1-3H3/b15-10-,20-18+. The van der Waals surface area contributed by atoms with E-state index in [2.05, 4.69) is 9.98 Å². The van der Waals surface area contributed by atoms with Crippen LogP contribution in [-0.4, -0.2) is 34.1 Å². The summed E-state index contributed by atoms with van der Waals surface area (Å²) in [4.78, 5) is 23.9. The molecule has 1 saturated heterocycles. The number of benzene rings is 1. The van der Waals surface area contributed by atoms with E-state index in [4.69, 9.17) is 4.74 Å². The molecule has 0 unspecified atom stereocenters. The predicted molar refractivity (Wildman–Crippen MR) is 105 cm³/mol. The fourth-order valence-corrected chi connectivity index (χ4v) is 4.09. The van der Waals surface area contributed by atoms with E-state index in [0.29, 0.717) is 28.4 Å². The molecule has 25 heavy (non-hydrogen) atoms. The molecule has 3 rings (SSSR count). The Bertz CT molecular complexity index is 825. The van der Waals surface area contributed by atoms with E-state index in [9.17, 15) is 4.79 Å². The van der Waals surface area contributed by atoms with E-state index in [1.165, 1.54) is 23.1 Å². The number of carbonyl (C=O) groups is 1. The van der Waals surface area contributed by atoms with Crippen LogP contribution in [0.25, 0.3) is 6.08 Å². The summed E-state index contributed by atoms with van der Waals surface area (Å²) in [5.41, 5.74) is 1.90. The molecule has 1 aromatic carbocycles. The second kappa shape index (κ2) is 7.84. The molecule has 1 aliphatic heterocycles. The predicted octanol–water partition coefficient (Wildman–Crippen LogP) is 4.47. The third-order valence-corrected chi connectivity index (χ3v) is 5.35. The fraction of sp³-hybridized carbons (Fsp3) is 0.278. The van der Waals surface area contributed by atoms with Gasteiger partial charge in [-0.3, -0.25) is 9.69 Å². The third-order valence-electron chi connectivity index (χ3n) is 3.49. The third kappa shape index (κ3) is 4.11. The minimum atomic E-state index is -0.0200. The Morgan fingerprint density at radius 1 is 1.28 bits per heavy atom. The average Bonchev–Trinajstić information content (AvgIpc) is 3.13. The molecular formula is C18H19N3O2S2. The number of amides is 1. The van der Waals surface area contributed by atoms with Crippen molar-refractivity contribution >= 4 is 45.4 Å². The Balaban J connectivity index is 1.85. The maximum Gasteiger partial charge on any atom is 0.266 e. The molecule has 1 amide bonds. The van der Waals surface area contributed by atoms with Gasteiger partial charge in [0.25, 0.3) is 5.91 Å². The van der Waals surface area contributed by atoms with Crippen LogP contribution in [0.15, 0.2) is 39.5 Å². The van der Waals surface area contributed by atoms with Crippen molar-refractivity contribution in [1.82, 2.24) is 9.88 Å². The highest BCUT2D eigenvalue weighted by Crippen LogP contribution is 2.34. The van der Waals surface area contributed by atoms with Crippen molar-refractivity contribution in [3.05, 3.63) is 45.8 Å². The summed E-state index contributed by atoms with van der Waals surface area (Å²) in [6, 6.07) is 7.71. The number of thioether (sulfide) groups is 1.